The number of nitrogens with one attached hydrogen (secondary N) is 2. The predicted octanol–water partition coefficient (Wildman–Crippen LogP) is 5.09. The summed E-state index contributed by atoms with van der Waals surface area (Å²) in [6, 6.07) is 6.88. The second-order valence-electron chi connectivity index (χ2n) is 7.40. The molecule has 0 amide bonds. The second kappa shape index (κ2) is 9.83. The minimum absolute atomic E-state index is 0.540. The van der Waals surface area contributed by atoms with Crippen molar-refractivity contribution in [1.29, 1.82) is 5.41 Å². The van der Waals surface area contributed by atoms with Gasteiger partial charge in [0.2, 0.25) is 0 Å². The van der Waals surface area contributed by atoms with Crippen molar-refractivity contribution in [2.75, 3.05) is 25.0 Å². The average molecular weight is 330 g/mol. The molecule has 0 bridgehead atoms. The molecule has 0 spiro atoms. The number of nitrogens with zero attached hydrogens (tertiary/aromatic N) is 1. The number of piperidine rings is 1. The van der Waals surface area contributed by atoms with Crippen molar-refractivity contribution in [3.05, 3.63) is 29.3 Å². The summed E-state index contributed by atoms with van der Waals surface area (Å²) in [5, 5.41) is 11.3. The largest absolute Gasteiger partial charge is 0.382 e. The van der Waals surface area contributed by atoms with Crippen LogP contribution in [0.1, 0.15) is 63.5 Å². The zero-order valence-corrected chi connectivity index (χ0v) is 15.8. The van der Waals surface area contributed by atoms with E-state index in [2.05, 4.69) is 49.2 Å². The van der Waals surface area contributed by atoms with Gasteiger partial charge in [0.15, 0.2) is 0 Å². The normalized spacial score (nSPS) is 16.5. The summed E-state index contributed by atoms with van der Waals surface area (Å²) >= 11 is 0. The molecule has 0 radical (unpaired) electrons. The van der Waals surface area contributed by atoms with Crippen molar-refractivity contribution in [1.82, 2.24) is 4.90 Å². The van der Waals surface area contributed by atoms with E-state index >= 15 is 0 Å². The van der Waals surface area contributed by atoms with E-state index in [1.807, 2.05) is 0 Å². The van der Waals surface area contributed by atoms with E-state index < -0.39 is 0 Å². The Morgan fingerprint density at radius 1 is 1.21 bits per heavy atom. The molecule has 134 valence electrons. The van der Waals surface area contributed by atoms with Gasteiger partial charge < -0.3 is 15.6 Å². The van der Waals surface area contributed by atoms with E-state index in [9.17, 15) is 0 Å². The molecule has 0 aromatic heterocycles. The summed E-state index contributed by atoms with van der Waals surface area (Å²) < 4.78 is 0. The quantitative estimate of drug-likeness (QED) is 0.620. The SMILES string of the molecule is CCCC(CCC)CN1CCC(Nc2ccc(C)cc2C=N)CC1. The average Bonchev–Trinajstić information content (AvgIpc) is 2.58. The fourth-order valence-electron chi connectivity index (χ4n) is 3.92. The molecule has 1 aromatic rings. The Morgan fingerprint density at radius 2 is 1.88 bits per heavy atom. The van der Waals surface area contributed by atoms with Gasteiger partial charge in [-0.05, 0) is 50.7 Å². The Labute approximate surface area is 148 Å². The van der Waals surface area contributed by atoms with Crippen LogP contribution in [0.5, 0.6) is 0 Å². The van der Waals surface area contributed by atoms with Crippen molar-refractivity contribution >= 4 is 11.9 Å². The van der Waals surface area contributed by atoms with Gasteiger partial charge in [-0.15, -0.1) is 0 Å². The van der Waals surface area contributed by atoms with E-state index in [4.69, 9.17) is 5.41 Å². The molecule has 1 heterocycles. The molecule has 0 unspecified atom stereocenters. The molecule has 3 heteroatoms. The van der Waals surface area contributed by atoms with E-state index in [-0.39, 0.29) is 0 Å². The van der Waals surface area contributed by atoms with E-state index in [1.54, 1.807) is 0 Å². The molecular formula is C21H35N3. The second-order valence-corrected chi connectivity index (χ2v) is 7.40. The third kappa shape index (κ3) is 5.62. The molecule has 1 saturated heterocycles. The molecule has 2 N–H and O–H groups in total. The lowest BCUT2D eigenvalue weighted by molar-refractivity contribution is 0.178. The van der Waals surface area contributed by atoms with Crippen LogP contribution in [0.3, 0.4) is 0 Å². The summed E-state index contributed by atoms with van der Waals surface area (Å²) in [4.78, 5) is 2.67. The highest BCUT2D eigenvalue weighted by Crippen LogP contribution is 2.22. The Balaban J connectivity index is 1.83. The van der Waals surface area contributed by atoms with Crippen LogP contribution >= 0.6 is 0 Å². The van der Waals surface area contributed by atoms with Crippen molar-refractivity contribution in [3.63, 3.8) is 0 Å². The molecule has 3 nitrogen and oxygen atoms in total. The van der Waals surface area contributed by atoms with Crippen molar-refractivity contribution in [2.24, 2.45) is 5.92 Å². The summed E-state index contributed by atoms with van der Waals surface area (Å²) in [5.74, 6) is 0.881. The molecule has 1 aliphatic rings. The number of hydrogen-bond acceptors (Lipinski definition) is 3. The van der Waals surface area contributed by atoms with Gasteiger partial charge in [-0.1, -0.05) is 38.3 Å². The van der Waals surface area contributed by atoms with Crippen LogP contribution in [0.25, 0.3) is 0 Å². The van der Waals surface area contributed by atoms with Gasteiger partial charge in [-0.2, -0.15) is 0 Å². The molecule has 24 heavy (non-hydrogen) atoms. The molecule has 1 aliphatic heterocycles. The Bertz CT molecular complexity index is 498. The number of aryl methyl sites for hydroxylation is 1. The first-order valence-corrected chi connectivity index (χ1v) is 9.76. The van der Waals surface area contributed by atoms with Gasteiger partial charge in [-0.25, -0.2) is 0 Å². The molecule has 2 rings (SSSR count). The van der Waals surface area contributed by atoms with E-state index in [0.717, 1.165) is 17.2 Å². The van der Waals surface area contributed by atoms with Crippen molar-refractivity contribution < 1.29 is 0 Å². The zero-order valence-electron chi connectivity index (χ0n) is 15.8. The molecular weight excluding hydrogens is 294 g/mol. The van der Waals surface area contributed by atoms with Crippen LogP contribution in [0, 0.1) is 18.3 Å². The lowest BCUT2D eigenvalue weighted by atomic mass is 9.95. The van der Waals surface area contributed by atoms with Gasteiger partial charge in [0, 0.05) is 43.1 Å². The Kier molecular flexibility index (Phi) is 7.77. The maximum absolute atomic E-state index is 7.61. The standard InChI is InChI=1S/C21H35N3/c1-4-6-18(7-5-2)16-24-12-10-20(11-13-24)23-21-9-8-17(3)14-19(21)15-22/h8-9,14-15,18,20,22-23H,4-7,10-13,16H2,1-3H3. The minimum Gasteiger partial charge on any atom is -0.382 e. The summed E-state index contributed by atoms with van der Waals surface area (Å²) in [5.41, 5.74) is 3.33. The maximum atomic E-state index is 7.61. The van der Waals surface area contributed by atoms with Crippen LogP contribution in [0.2, 0.25) is 0 Å². The predicted molar refractivity (Wildman–Crippen MR) is 105 cm³/mol. The number of rotatable bonds is 9. The fourth-order valence-corrected chi connectivity index (χ4v) is 3.92. The van der Waals surface area contributed by atoms with Gasteiger partial charge in [0.05, 0.1) is 0 Å². The third-order valence-electron chi connectivity index (χ3n) is 5.22. The van der Waals surface area contributed by atoms with Crippen molar-refractivity contribution in [2.45, 2.75) is 65.3 Å². The first-order valence-electron chi connectivity index (χ1n) is 9.76. The van der Waals surface area contributed by atoms with Gasteiger partial charge in [0.25, 0.3) is 0 Å². The third-order valence-corrected chi connectivity index (χ3v) is 5.22. The van der Waals surface area contributed by atoms with Gasteiger partial charge in [0.1, 0.15) is 0 Å². The number of likely N-dealkylation sites (tertiary alicyclic amines) is 1. The number of benzene rings is 1. The lowest BCUT2D eigenvalue weighted by Gasteiger charge is -2.35. The van der Waals surface area contributed by atoms with Crippen LogP contribution in [0.4, 0.5) is 5.69 Å². The monoisotopic (exact) mass is 329 g/mol. The highest BCUT2D eigenvalue weighted by Gasteiger charge is 2.21. The number of hydrogen-bond donors (Lipinski definition) is 2. The van der Waals surface area contributed by atoms with Gasteiger partial charge in [-0.3, -0.25) is 0 Å². The number of anilines is 1. The summed E-state index contributed by atoms with van der Waals surface area (Å²) in [6.07, 6.45) is 9.23. The molecule has 0 aliphatic carbocycles. The molecule has 1 aromatic carbocycles. The highest BCUT2D eigenvalue weighted by molar-refractivity contribution is 5.86. The first kappa shape index (κ1) is 19.0. The molecule has 0 atom stereocenters. The van der Waals surface area contributed by atoms with E-state index in [0.29, 0.717) is 6.04 Å². The van der Waals surface area contributed by atoms with Crippen molar-refractivity contribution in [3.8, 4) is 0 Å². The van der Waals surface area contributed by atoms with Crippen LogP contribution < -0.4 is 5.32 Å². The van der Waals surface area contributed by atoms with E-state index in [1.165, 1.54) is 69.9 Å². The Hall–Kier alpha value is -1.35. The summed E-state index contributed by atoms with van der Waals surface area (Å²) in [6.45, 7) is 10.4. The molecule has 1 fully saturated rings. The highest BCUT2D eigenvalue weighted by atomic mass is 15.1. The lowest BCUT2D eigenvalue weighted by Crippen LogP contribution is -2.41. The van der Waals surface area contributed by atoms with Crippen LogP contribution in [-0.4, -0.2) is 36.8 Å². The Morgan fingerprint density at radius 3 is 2.46 bits per heavy atom. The minimum atomic E-state index is 0.540. The zero-order chi connectivity index (χ0) is 17.4. The van der Waals surface area contributed by atoms with Crippen LogP contribution in [0.15, 0.2) is 18.2 Å². The first-order chi connectivity index (χ1) is 11.7. The molecule has 0 saturated carbocycles. The topological polar surface area (TPSA) is 39.1 Å². The maximum Gasteiger partial charge on any atom is 0.0431 e. The van der Waals surface area contributed by atoms with Crippen LogP contribution in [-0.2, 0) is 0 Å². The fraction of sp³-hybridized carbons (Fsp3) is 0.667. The van der Waals surface area contributed by atoms with Gasteiger partial charge >= 0.3 is 0 Å². The smallest absolute Gasteiger partial charge is 0.0431 e. The summed E-state index contributed by atoms with van der Waals surface area (Å²) in [7, 11) is 0.